The molecule has 0 bridgehead atoms. The molecule has 1 aromatic heterocycles. The summed E-state index contributed by atoms with van der Waals surface area (Å²) < 4.78 is 1.11. The maximum Gasteiger partial charge on any atom is 0.0454 e. The van der Waals surface area contributed by atoms with E-state index in [1.54, 1.807) is 11.3 Å². The first-order valence-corrected chi connectivity index (χ1v) is 4.90. The number of halogens is 1. The van der Waals surface area contributed by atoms with E-state index >= 15 is 0 Å². The minimum absolute atomic E-state index is 0.526. The van der Waals surface area contributed by atoms with Crippen LogP contribution in [0.4, 0.5) is 0 Å². The number of hydrogen-bond donors (Lipinski definition) is 1. The zero-order valence-electron chi connectivity index (χ0n) is 6.36. The van der Waals surface area contributed by atoms with E-state index in [1.807, 2.05) is 0 Å². The van der Waals surface area contributed by atoms with Crippen LogP contribution in [0.15, 0.2) is 17.1 Å². The Morgan fingerprint density at radius 1 is 1.82 bits per heavy atom. The molecule has 0 saturated heterocycles. The molecule has 0 amide bonds. The monoisotopic (exact) mass is 231 g/mol. The van der Waals surface area contributed by atoms with Gasteiger partial charge in [0.25, 0.3) is 0 Å². The normalized spacial score (nSPS) is 10.1. The van der Waals surface area contributed by atoms with Crippen LogP contribution in [0.2, 0.25) is 0 Å². The fourth-order valence-corrected chi connectivity index (χ4v) is 2.72. The molecule has 0 aliphatic carbocycles. The van der Waals surface area contributed by atoms with Crippen molar-refractivity contribution >= 4 is 32.8 Å². The molecule has 11 heavy (non-hydrogen) atoms. The van der Waals surface area contributed by atoms with Crippen LogP contribution in [-0.2, 0) is 0 Å². The van der Waals surface area contributed by atoms with E-state index in [9.17, 15) is 0 Å². The van der Waals surface area contributed by atoms with Gasteiger partial charge in [-0.2, -0.15) is 0 Å². The van der Waals surface area contributed by atoms with E-state index in [1.165, 1.54) is 9.75 Å². The largest absolute Gasteiger partial charge is 0.326 e. The van der Waals surface area contributed by atoms with Gasteiger partial charge in [-0.1, -0.05) is 6.58 Å². The van der Waals surface area contributed by atoms with Crippen LogP contribution in [0.5, 0.6) is 0 Å². The van der Waals surface area contributed by atoms with Crippen LogP contribution in [0.25, 0.3) is 5.57 Å². The lowest BCUT2D eigenvalue weighted by Crippen LogP contribution is -1.99. The fourth-order valence-electron chi connectivity index (χ4n) is 0.817. The van der Waals surface area contributed by atoms with Gasteiger partial charge < -0.3 is 5.73 Å². The van der Waals surface area contributed by atoms with E-state index < -0.39 is 0 Å². The van der Waals surface area contributed by atoms with Crippen molar-refractivity contribution in [2.45, 2.75) is 6.92 Å². The first kappa shape index (κ1) is 8.97. The molecule has 0 saturated carbocycles. The first-order valence-electron chi connectivity index (χ1n) is 3.29. The molecule has 1 heterocycles. The van der Waals surface area contributed by atoms with Gasteiger partial charge in [-0.3, -0.25) is 0 Å². The first-order chi connectivity index (χ1) is 5.15. The molecule has 1 rings (SSSR count). The van der Waals surface area contributed by atoms with E-state index in [0.29, 0.717) is 6.54 Å². The summed E-state index contributed by atoms with van der Waals surface area (Å²) in [5.41, 5.74) is 6.46. The summed E-state index contributed by atoms with van der Waals surface area (Å²) in [5.74, 6) is 0. The Morgan fingerprint density at radius 2 is 2.45 bits per heavy atom. The maximum atomic E-state index is 5.47. The summed E-state index contributed by atoms with van der Waals surface area (Å²) in [4.78, 5) is 2.45. The lowest BCUT2D eigenvalue weighted by atomic mass is 10.2. The molecule has 0 spiro atoms. The number of thiophene rings is 1. The third-order valence-corrected chi connectivity index (χ3v) is 3.42. The smallest absolute Gasteiger partial charge is 0.0454 e. The third-order valence-electron chi connectivity index (χ3n) is 1.38. The average Bonchev–Trinajstić information content (AvgIpc) is 2.28. The Labute approximate surface area is 79.0 Å². The highest BCUT2D eigenvalue weighted by Crippen LogP contribution is 2.31. The second-order valence-corrected chi connectivity index (χ2v) is 4.45. The standard InChI is InChI=1S/C8H10BrNS/c1-5(4-10)8-7(9)3-6(2)11-8/h3H,1,4,10H2,2H3. The predicted molar refractivity (Wildman–Crippen MR) is 54.8 cm³/mol. The van der Waals surface area contributed by atoms with E-state index in [-0.39, 0.29) is 0 Å². The van der Waals surface area contributed by atoms with Crippen molar-refractivity contribution in [3.8, 4) is 0 Å². The molecule has 0 unspecified atom stereocenters. The zero-order chi connectivity index (χ0) is 8.43. The molecule has 0 fully saturated rings. The second kappa shape index (κ2) is 3.52. The Kier molecular flexibility index (Phi) is 2.87. The molecule has 0 atom stereocenters. The van der Waals surface area contributed by atoms with Crippen LogP contribution in [0.1, 0.15) is 9.75 Å². The Balaban J connectivity index is 3.03. The van der Waals surface area contributed by atoms with Crippen molar-refractivity contribution in [2.75, 3.05) is 6.54 Å². The van der Waals surface area contributed by atoms with Gasteiger partial charge in [0.15, 0.2) is 0 Å². The van der Waals surface area contributed by atoms with Gasteiger partial charge in [0, 0.05) is 20.8 Å². The van der Waals surface area contributed by atoms with Crippen LogP contribution in [0, 0.1) is 6.92 Å². The molecule has 0 aromatic carbocycles. The van der Waals surface area contributed by atoms with Gasteiger partial charge in [0.1, 0.15) is 0 Å². The number of rotatable bonds is 2. The lowest BCUT2D eigenvalue weighted by molar-refractivity contribution is 1.28. The summed E-state index contributed by atoms with van der Waals surface area (Å²) in [6.45, 7) is 6.47. The molecule has 0 radical (unpaired) electrons. The van der Waals surface area contributed by atoms with E-state index in [4.69, 9.17) is 5.73 Å². The molecule has 60 valence electrons. The third kappa shape index (κ3) is 1.92. The summed E-state index contributed by atoms with van der Waals surface area (Å²) in [6, 6.07) is 2.08. The maximum absolute atomic E-state index is 5.47. The quantitative estimate of drug-likeness (QED) is 0.833. The van der Waals surface area contributed by atoms with E-state index in [0.717, 1.165) is 10.0 Å². The molecule has 1 nitrogen and oxygen atoms in total. The average molecular weight is 232 g/mol. The number of hydrogen-bond acceptors (Lipinski definition) is 2. The predicted octanol–water partition coefficient (Wildman–Crippen LogP) is 2.79. The molecular formula is C8H10BrNS. The van der Waals surface area contributed by atoms with Gasteiger partial charge >= 0.3 is 0 Å². The summed E-state index contributed by atoms with van der Waals surface area (Å²) in [5, 5.41) is 0. The molecule has 0 aliphatic heterocycles. The van der Waals surface area contributed by atoms with Crippen molar-refractivity contribution in [3.63, 3.8) is 0 Å². The fraction of sp³-hybridized carbons (Fsp3) is 0.250. The van der Waals surface area contributed by atoms with Crippen molar-refractivity contribution < 1.29 is 0 Å². The lowest BCUT2D eigenvalue weighted by Gasteiger charge is -1.97. The Morgan fingerprint density at radius 3 is 2.82 bits per heavy atom. The molecule has 1 aromatic rings. The van der Waals surface area contributed by atoms with Gasteiger partial charge in [-0.05, 0) is 34.5 Å². The van der Waals surface area contributed by atoms with Crippen LogP contribution >= 0.6 is 27.3 Å². The molecule has 3 heteroatoms. The van der Waals surface area contributed by atoms with Crippen molar-refractivity contribution in [1.29, 1.82) is 0 Å². The highest BCUT2D eigenvalue weighted by Gasteiger charge is 2.05. The minimum atomic E-state index is 0.526. The summed E-state index contributed by atoms with van der Waals surface area (Å²) in [6.07, 6.45) is 0. The SMILES string of the molecule is C=C(CN)c1sc(C)cc1Br. The number of aryl methyl sites for hydroxylation is 1. The van der Waals surface area contributed by atoms with Crippen LogP contribution in [0.3, 0.4) is 0 Å². The molecule has 2 N–H and O–H groups in total. The molecular weight excluding hydrogens is 222 g/mol. The zero-order valence-corrected chi connectivity index (χ0v) is 8.76. The highest BCUT2D eigenvalue weighted by atomic mass is 79.9. The summed E-state index contributed by atoms with van der Waals surface area (Å²) >= 11 is 5.17. The Hall–Kier alpha value is -0.120. The van der Waals surface area contributed by atoms with Crippen LogP contribution in [-0.4, -0.2) is 6.54 Å². The van der Waals surface area contributed by atoms with E-state index in [2.05, 4.69) is 35.5 Å². The van der Waals surface area contributed by atoms with Gasteiger partial charge in [-0.15, -0.1) is 11.3 Å². The van der Waals surface area contributed by atoms with Crippen molar-refractivity contribution in [3.05, 3.63) is 26.9 Å². The number of nitrogens with two attached hydrogens (primary N) is 1. The van der Waals surface area contributed by atoms with Gasteiger partial charge in [-0.25, -0.2) is 0 Å². The second-order valence-electron chi connectivity index (χ2n) is 2.34. The highest BCUT2D eigenvalue weighted by molar-refractivity contribution is 9.10. The minimum Gasteiger partial charge on any atom is -0.326 e. The van der Waals surface area contributed by atoms with Crippen LogP contribution < -0.4 is 5.73 Å². The van der Waals surface area contributed by atoms with Crippen molar-refractivity contribution in [1.82, 2.24) is 0 Å². The Bertz CT molecular complexity index is 278. The van der Waals surface area contributed by atoms with Crippen molar-refractivity contribution in [2.24, 2.45) is 5.73 Å². The van der Waals surface area contributed by atoms with Gasteiger partial charge in [0.05, 0.1) is 0 Å². The molecule has 0 aliphatic rings. The topological polar surface area (TPSA) is 26.0 Å². The summed E-state index contributed by atoms with van der Waals surface area (Å²) in [7, 11) is 0. The van der Waals surface area contributed by atoms with Gasteiger partial charge in [0.2, 0.25) is 0 Å².